The molecule has 1 atom stereocenters. The Morgan fingerprint density at radius 3 is 2.25 bits per heavy atom. The minimum atomic E-state index is -0.784. The van der Waals surface area contributed by atoms with Crippen molar-refractivity contribution >= 4 is 0 Å². The van der Waals surface area contributed by atoms with Crippen LogP contribution in [0.15, 0.2) is 24.3 Å². The van der Waals surface area contributed by atoms with Gasteiger partial charge in [0.05, 0.1) is 12.2 Å². The molecular weight excluding hydrogens is 200 g/mol. The molecule has 0 heterocycles. The van der Waals surface area contributed by atoms with Crippen molar-refractivity contribution < 1.29 is 9.84 Å². The summed E-state index contributed by atoms with van der Waals surface area (Å²) in [5.41, 5.74) is 1.69. The molecule has 1 aromatic rings. The van der Waals surface area contributed by atoms with Crippen molar-refractivity contribution in [2.24, 2.45) is 0 Å². The van der Waals surface area contributed by atoms with Crippen LogP contribution in [0.2, 0.25) is 0 Å². The highest BCUT2D eigenvalue weighted by atomic mass is 16.5. The summed E-state index contributed by atoms with van der Waals surface area (Å²) in [6.45, 7) is 6.51. The van der Waals surface area contributed by atoms with E-state index in [1.54, 1.807) is 14.0 Å². The van der Waals surface area contributed by atoms with Crippen molar-refractivity contribution in [3.63, 3.8) is 0 Å². The fourth-order valence-electron chi connectivity index (χ4n) is 1.82. The Balaban J connectivity index is 2.68. The first-order chi connectivity index (χ1) is 7.44. The van der Waals surface area contributed by atoms with Gasteiger partial charge in [0.2, 0.25) is 0 Å². The average Bonchev–Trinajstić information content (AvgIpc) is 2.17. The highest BCUT2D eigenvalue weighted by Gasteiger charge is 2.20. The Morgan fingerprint density at radius 1 is 1.25 bits per heavy atom. The summed E-state index contributed by atoms with van der Waals surface area (Å²) in [5, 5.41) is 10.0. The maximum Gasteiger partial charge on any atom is 0.0892 e. The number of ether oxygens (including phenoxy) is 1. The molecule has 0 aliphatic heterocycles. The molecule has 0 saturated heterocycles. The van der Waals surface area contributed by atoms with Gasteiger partial charge < -0.3 is 9.84 Å². The number of benzene rings is 1. The van der Waals surface area contributed by atoms with Gasteiger partial charge in [0, 0.05) is 13.5 Å². The molecule has 1 N–H and O–H groups in total. The fourth-order valence-corrected chi connectivity index (χ4v) is 1.82. The predicted octanol–water partition coefficient (Wildman–Crippen LogP) is 2.75. The number of hydrogen-bond acceptors (Lipinski definition) is 2. The molecule has 0 bridgehead atoms. The van der Waals surface area contributed by atoms with Crippen molar-refractivity contribution in [3.8, 4) is 0 Å². The summed E-state index contributed by atoms with van der Waals surface area (Å²) in [5.74, 6) is 0.550. The largest absolute Gasteiger partial charge is 0.387 e. The van der Waals surface area contributed by atoms with Crippen LogP contribution in [0.3, 0.4) is 0 Å². The molecule has 0 spiro atoms. The lowest BCUT2D eigenvalue weighted by Gasteiger charge is -2.22. The Labute approximate surface area is 98.3 Å². The Morgan fingerprint density at radius 2 is 1.81 bits per heavy atom. The molecule has 2 heteroatoms. The van der Waals surface area contributed by atoms with Gasteiger partial charge in [-0.3, -0.25) is 0 Å². The van der Waals surface area contributed by atoms with Gasteiger partial charge in [-0.15, -0.1) is 0 Å². The van der Waals surface area contributed by atoms with Crippen LogP contribution in [0.5, 0.6) is 0 Å². The van der Waals surface area contributed by atoms with Crippen LogP contribution in [-0.4, -0.2) is 24.4 Å². The summed E-state index contributed by atoms with van der Waals surface area (Å²) in [7, 11) is 1.61. The second kappa shape index (κ2) is 5.46. The molecule has 0 aromatic heterocycles. The maximum absolute atomic E-state index is 10.0. The second-order valence-electron chi connectivity index (χ2n) is 5.00. The van der Waals surface area contributed by atoms with Crippen LogP contribution in [0.1, 0.15) is 37.8 Å². The molecular formula is C14H22O2. The summed E-state index contributed by atoms with van der Waals surface area (Å²) in [4.78, 5) is 0. The number of hydrogen-bond donors (Lipinski definition) is 1. The minimum absolute atomic E-state index is 0.360. The number of methoxy groups -OCH3 is 1. The number of rotatable bonds is 5. The Bertz CT molecular complexity index is 312. The van der Waals surface area contributed by atoms with E-state index in [2.05, 4.69) is 38.1 Å². The van der Waals surface area contributed by atoms with Gasteiger partial charge in [-0.2, -0.15) is 0 Å². The van der Waals surface area contributed by atoms with Gasteiger partial charge in [-0.1, -0.05) is 38.1 Å². The van der Waals surface area contributed by atoms with Crippen LogP contribution in [0.4, 0.5) is 0 Å². The molecule has 1 rings (SSSR count). The zero-order chi connectivity index (χ0) is 12.2. The molecule has 0 fully saturated rings. The Hall–Kier alpha value is -0.860. The van der Waals surface area contributed by atoms with Crippen LogP contribution in [0.25, 0.3) is 0 Å². The molecule has 2 nitrogen and oxygen atoms in total. The lowest BCUT2D eigenvalue weighted by molar-refractivity contribution is -0.0161. The normalized spacial score (nSPS) is 15.1. The van der Waals surface area contributed by atoms with Gasteiger partial charge in [0.25, 0.3) is 0 Å². The fraction of sp³-hybridized carbons (Fsp3) is 0.571. The van der Waals surface area contributed by atoms with E-state index in [1.807, 2.05) is 0 Å². The summed E-state index contributed by atoms with van der Waals surface area (Å²) in [6.07, 6.45) is 0.624. The molecule has 0 amide bonds. The van der Waals surface area contributed by atoms with E-state index >= 15 is 0 Å². The van der Waals surface area contributed by atoms with E-state index in [9.17, 15) is 5.11 Å². The highest BCUT2D eigenvalue weighted by Crippen LogP contribution is 2.18. The number of aliphatic hydroxyl groups is 1. The monoisotopic (exact) mass is 222 g/mol. The molecule has 90 valence electrons. The van der Waals surface area contributed by atoms with Crippen molar-refractivity contribution in [2.45, 2.75) is 38.7 Å². The summed E-state index contributed by atoms with van der Waals surface area (Å²) in [6, 6.07) is 8.42. The molecule has 1 aromatic carbocycles. The second-order valence-corrected chi connectivity index (χ2v) is 5.00. The molecule has 1 unspecified atom stereocenters. The van der Waals surface area contributed by atoms with Gasteiger partial charge in [-0.25, -0.2) is 0 Å². The summed E-state index contributed by atoms with van der Waals surface area (Å²) >= 11 is 0. The molecule has 0 radical (unpaired) electrons. The van der Waals surface area contributed by atoms with Crippen molar-refractivity contribution in [1.82, 2.24) is 0 Å². The molecule has 0 aliphatic carbocycles. The molecule has 0 aliphatic rings. The smallest absolute Gasteiger partial charge is 0.0892 e. The van der Waals surface area contributed by atoms with Crippen molar-refractivity contribution in [1.29, 1.82) is 0 Å². The van der Waals surface area contributed by atoms with Gasteiger partial charge in [0.15, 0.2) is 0 Å². The van der Waals surface area contributed by atoms with E-state index in [0.29, 0.717) is 18.9 Å². The first-order valence-electron chi connectivity index (χ1n) is 5.75. The molecule has 16 heavy (non-hydrogen) atoms. The third-order valence-corrected chi connectivity index (χ3v) is 2.69. The van der Waals surface area contributed by atoms with Gasteiger partial charge in [-0.05, 0) is 24.0 Å². The van der Waals surface area contributed by atoms with E-state index in [1.165, 1.54) is 5.56 Å². The quantitative estimate of drug-likeness (QED) is 0.830. The predicted molar refractivity (Wildman–Crippen MR) is 66.7 cm³/mol. The highest BCUT2D eigenvalue weighted by molar-refractivity contribution is 5.25. The standard InChI is InChI=1S/C14H22O2/c1-11(2)13-7-5-12(6-8-13)9-14(3,15)10-16-4/h5-8,11,15H,9-10H2,1-4H3. The lowest BCUT2D eigenvalue weighted by Crippen LogP contribution is -2.32. The Kier molecular flexibility index (Phi) is 4.51. The third kappa shape index (κ3) is 3.95. The molecule has 0 saturated carbocycles. The summed E-state index contributed by atoms with van der Waals surface area (Å²) < 4.78 is 4.99. The van der Waals surface area contributed by atoms with E-state index in [-0.39, 0.29) is 0 Å². The minimum Gasteiger partial charge on any atom is -0.387 e. The van der Waals surface area contributed by atoms with Gasteiger partial charge >= 0.3 is 0 Å². The zero-order valence-electron chi connectivity index (χ0n) is 10.7. The van der Waals surface area contributed by atoms with Crippen LogP contribution in [0, 0.1) is 0 Å². The van der Waals surface area contributed by atoms with Crippen LogP contribution < -0.4 is 0 Å². The van der Waals surface area contributed by atoms with E-state index in [0.717, 1.165) is 5.56 Å². The van der Waals surface area contributed by atoms with Crippen molar-refractivity contribution in [2.75, 3.05) is 13.7 Å². The topological polar surface area (TPSA) is 29.5 Å². The van der Waals surface area contributed by atoms with E-state index < -0.39 is 5.60 Å². The van der Waals surface area contributed by atoms with Crippen LogP contribution >= 0.6 is 0 Å². The average molecular weight is 222 g/mol. The SMILES string of the molecule is COCC(C)(O)Cc1ccc(C(C)C)cc1. The first kappa shape index (κ1) is 13.2. The van der Waals surface area contributed by atoms with E-state index in [4.69, 9.17) is 4.74 Å². The van der Waals surface area contributed by atoms with Crippen molar-refractivity contribution in [3.05, 3.63) is 35.4 Å². The lowest BCUT2D eigenvalue weighted by atomic mass is 9.95. The maximum atomic E-state index is 10.0. The zero-order valence-corrected chi connectivity index (χ0v) is 10.7. The first-order valence-corrected chi connectivity index (χ1v) is 5.75. The third-order valence-electron chi connectivity index (χ3n) is 2.69. The van der Waals surface area contributed by atoms with Crippen LogP contribution in [-0.2, 0) is 11.2 Å². The van der Waals surface area contributed by atoms with Gasteiger partial charge in [0.1, 0.15) is 0 Å².